The number of benzene rings is 1. The average Bonchev–Trinajstić information content (AvgIpc) is 3.16. The summed E-state index contributed by atoms with van der Waals surface area (Å²) < 4.78 is 5.93. The van der Waals surface area contributed by atoms with Gasteiger partial charge in [-0.15, -0.1) is 0 Å². The van der Waals surface area contributed by atoms with E-state index in [0.29, 0.717) is 6.54 Å². The van der Waals surface area contributed by atoms with Crippen LogP contribution >= 0.6 is 0 Å². The van der Waals surface area contributed by atoms with Gasteiger partial charge in [-0.2, -0.15) is 0 Å². The van der Waals surface area contributed by atoms with E-state index in [2.05, 4.69) is 50.0 Å². The third-order valence-corrected chi connectivity index (χ3v) is 5.08. The number of rotatable bonds is 1. The SMILES string of the molecule is CC(C)(C)c1nc2c(o1)CCN(C(=O)C1Cc3ccccc3C1)C2. The van der Waals surface area contributed by atoms with Crippen LogP contribution in [-0.2, 0) is 36.0 Å². The fraction of sp³-hybridized carbons (Fsp3) is 0.500. The van der Waals surface area contributed by atoms with E-state index in [-0.39, 0.29) is 17.2 Å². The molecule has 1 aromatic carbocycles. The first kappa shape index (κ1) is 15.4. The summed E-state index contributed by atoms with van der Waals surface area (Å²) in [5.74, 6) is 2.07. The molecule has 0 atom stereocenters. The lowest BCUT2D eigenvalue weighted by Crippen LogP contribution is -2.40. The summed E-state index contributed by atoms with van der Waals surface area (Å²) >= 11 is 0. The van der Waals surface area contributed by atoms with Crippen LogP contribution in [0.3, 0.4) is 0 Å². The number of amides is 1. The molecule has 126 valence electrons. The molecule has 2 heterocycles. The van der Waals surface area contributed by atoms with Gasteiger partial charge in [-0.05, 0) is 24.0 Å². The maximum absolute atomic E-state index is 12.9. The summed E-state index contributed by atoms with van der Waals surface area (Å²) in [4.78, 5) is 19.6. The fourth-order valence-corrected chi connectivity index (χ4v) is 3.70. The minimum absolute atomic E-state index is 0.0814. The van der Waals surface area contributed by atoms with Gasteiger partial charge in [-0.3, -0.25) is 4.79 Å². The van der Waals surface area contributed by atoms with Crippen molar-refractivity contribution in [3.8, 4) is 0 Å². The van der Waals surface area contributed by atoms with Crippen molar-refractivity contribution in [1.82, 2.24) is 9.88 Å². The number of aromatic nitrogens is 1. The van der Waals surface area contributed by atoms with Gasteiger partial charge in [0, 0.05) is 24.3 Å². The maximum atomic E-state index is 12.9. The summed E-state index contributed by atoms with van der Waals surface area (Å²) in [6.45, 7) is 7.62. The average molecular weight is 324 g/mol. The van der Waals surface area contributed by atoms with E-state index in [1.165, 1.54) is 11.1 Å². The summed E-state index contributed by atoms with van der Waals surface area (Å²) in [5, 5.41) is 0. The van der Waals surface area contributed by atoms with E-state index in [0.717, 1.165) is 43.2 Å². The molecule has 0 bridgehead atoms. The molecule has 0 N–H and O–H groups in total. The van der Waals surface area contributed by atoms with Crippen LogP contribution in [-0.4, -0.2) is 22.3 Å². The smallest absolute Gasteiger partial charge is 0.226 e. The third kappa shape index (κ3) is 2.64. The van der Waals surface area contributed by atoms with Crippen LogP contribution in [0.5, 0.6) is 0 Å². The zero-order valence-corrected chi connectivity index (χ0v) is 14.6. The van der Waals surface area contributed by atoms with Crippen LogP contribution in [0.15, 0.2) is 28.7 Å². The number of hydrogen-bond acceptors (Lipinski definition) is 3. The van der Waals surface area contributed by atoms with Gasteiger partial charge in [-0.25, -0.2) is 4.98 Å². The van der Waals surface area contributed by atoms with Crippen LogP contribution in [0.2, 0.25) is 0 Å². The zero-order chi connectivity index (χ0) is 16.9. The van der Waals surface area contributed by atoms with Crippen LogP contribution in [0, 0.1) is 5.92 Å². The van der Waals surface area contributed by atoms with Gasteiger partial charge in [-0.1, -0.05) is 45.0 Å². The predicted octanol–water partition coefficient (Wildman–Crippen LogP) is 3.27. The lowest BCUT2D eigenvalue weighted by atomic mass is 9.97. The quantitative estimate of drug-likeness (QED) is 0.809. The lowest BCUT2D eigenvalue weighted by molar-refractivity contribution is -0.136. The molecule has 0 saturated carbocycles. The number of oxazole rings is 1. The second-order valence-corrected chi connectivity index (χ2v) is 8.02. The second-order valence-electron chi connectivity index (χ2n) is 8.02. The molecule has 0 spiro atoms. The van der Waals surface area contributed by atoms with Crippen LogP contribution < -0.4 is 0 Å². The Bertz CT molecular complexity index is 760. The van der Waals surface area contributed by atoms with Crippen molar-refractivity contribution in [2.75, 3.05) is 6.54 Å². The van der Waals surface area contributed by atoms with Crippen LogP contribution in [0.4, 0.5) is 0 Å². The van der Waals surface area contributed by atoms with E-state index in [1.54, 1.807) is 0 Å². The number of fused-ring (bicyclic) bond motifs is 2. The highest BCUT2D eigenvalue weighted by atomic mass is 16.4. The van der Waals surface area contributed by atoms with E-state index in [9.17, 15) is 4.79 Å². The molecule has 2 aromatic rings. The number of hydrogen-bond donors (Lipinski definition) is 0. The molecule has 4 heteroatoms. The molecule has 4 nitrogen and oxygen atoms in total. The fourth-order valence-electron chi connectivity index (χ4n) is 3.70. The lowest BCUT2D eigenvalue weighted by Gasteiger charge is -2.27. The largest absolute Gasteiger partial charge is 0.445 e. The Hall–Kier alpha value is -2.10. The predicted molar refractivity (Wildman–Crippen MR) is 91.7 cm³/mol. The van der Waals surface area contributed by atoms with E-state index >= 15 is 0 Å². The van der Waals surface area contributed by atoms with Crippen molar-refractivity contribution in [2.24, 2.45) is 5.92 Å². The molecule has 1 amide bonds. The molecule has 0 fully saturated rings. The number of nitrogens with zero attached hydrogens (tertiary/aromatic N) is 2. The molecule has 24 heavy (non-hydrogen) atoms. The zero-order valence-electron chi connectivity index (χ0n) is 14.6. The highest BCUT2D eigenvalue weighted by molar-refractivity contribution is 5.80. The number of carbonyl (C=O) groups excluding carboxylic acids is 1. The third-order valence-electron chi connectivity index (χ3n) is 5.08. The van der Waals surface area contributed by atoms with Gasteiger partial charge in [0.05, 0.1) is 6.54 Å². The van der Waals surface area contributed by atoms with Gasteiger partial charge in [0.15, 0.2) is 5.89 Å². The first-order valence-electron chi connectivity index (χ1n) is 8.76. The standard InChI is InChI=1S/C20H24N2O2/c1-20(2,3)19-21-16-12-22(9-8-17(16)24-19)18(23)15-10-13-6-4-5-7-14(13)11-15/h4-7,15H,8-12H2,1-3H3. The molecular formula is C20H24N2O2. The van der Waals surface area contributed by atoms with Gasteiger partial charge >= 0.3 is 0 Å². The summed E-state index contributed by atoms with van der Waals surface area (Å²) in [6.07, 6.45) is 2.50. The Labute approximate surface area is 142 Å². The number of carbonyl (C=O) groups is 1. The molecule has 1 aromatic heterocycles. The van der Waals surface area contributed by atoms with Crippen molar-refractivity contribution in [3.63, 3.8) is 0 Å². The Morgan fingerprint density at radius 1 is 1.21 bits per heavy atom. The highest BCUT2D eigenvalue weighted by Gasteiger charge is 2.34. The van der Waals surface area contributed by atoms with Crippen molar-refractivity contribution in [3.05, 3.63) is 52.7 Å². The molecule has 4 rings (SSSR count). The van der Waals surface area contributed by atoms with Crippen molar-refractivity contribution in [1.29, 1.82) is 0 Å². The second kappa shape index (κ2) is 5.47. The summed E-state index contributed by atoms with van der Waals surface area (Å²) in [5.41, 5.74) is 3.49. The van der Waals surface area contributed by atoms with Gasteiger partial charge in [0.25, 0.3) is 0 Å². The van der Waals surface area contributed by atoms with Crippen molar-refractivity contribution in [2.45, 2.75) is 52.0 Å². The van der Waals surface area contributed by atoms with Gasteiger partial charge in [0.1, 0.15) is 11.5 Å². The van der Waals surface area contributed by atoms with Crippen LogP contribution in [0.1, 0.15) is 49.2 Å². The Morgan fingerprint density at radius 3 is 2.50 bits per heavy atom. The Morgan fingerprint density at radius 2 is 1.88 bits per heavy atom. The Balaban J connectivity index is 1.49. The van der Waals surface area contributed by atoms with Crippen molar-refractivity contribution < 1.29 is 9.21 Å². The summed E-state index contributed by atoms with van der Waals surface area (Å²) in [6, 6.07) is 8.40. The molecule has 0 unspecified atom stereocenters. The summed E-state index contributed by atoms with van der Waals surface area (Å²) in [7, 11) is 0. The topological polar surface area (TPSA) is 46.3 Å². The maximum Gasteiger partial charge on any atom is 0.226 e. The Kier molecular flexibility index (Phi) is 3.52. The van der Waals surface area contributed by atoms with Gasteiger partial charge in [0.2, 0.25) is 5.91 Å². The molecule has 2 aliphatic rings. The molecule has 1 aliphatic carbocycles. The monoisotopic (exact) mass is 324 g/mol. The van der Waals surface area contributed by atoms with Gasteiger partial charge < -0.3 is 9.32 Å². The minimum Gasteiger partial charge on any atom is -0.445 e. The molecule has 0 radical (unpaired) electrons. The highest BCUT2D eigenvalue weighted by Crippen LogP contribution is 2.31. The van der Waals surface area contributed by atoms with E-state index in [1.807, 2.05) is 4.90 Å². The first-order valence-corrected chi connectivity index (χ1v) is 8.76. The van der Waals surface area contributed by atoms with Crippen LogP contribution in [0.25, 0.3) is 0 Å². The normalized spacial score (nSPS) is 17.7. The van der Waals surface area contributed by atoms with E-state index in [4.69, 9.17) is 4.42 Å². The molecule has 0 saturated heterocycles. The molecule has 1 aliphatic heterocycles. The molecular weight excluding hydrogens is 300 g/mol. The minimum atomic E-state index is -0.0979. The van der Waals surface area contributed by atoms with E-state index < -0.39 is 0 Å². The van der Waals surface area contributed by atoms with Crippen molar-refractivity contribution >= 4 is 5.91 Å². The first-order chi connectivity index (χ1) is 11.4.